The molecule has 0 atom stereocenters. The van der Waals surface area contributed by atoms with Crippen molar-refractivity contribution in [3.63, 3.8) is 0 Å². The van der Waals surface area contributed by atoms with Gasteiger partial charge in [-0.2, -0.15) is 0 Å². The van der Waals surface area contributed by atoms with E-state index in [-0.39, 0.29) is 11.3 Å². The Kier molecular flexibility index (Phi) is 5.72. The summed E-state index contributed by atoms with van der Waals surface area (Å²) in [5, 5.41) is 3.40. The van der Waals surface area contributed by atoms with Crippen LogP contribution in [0.25, 0.3) is 5.57 Å². The molecule has 0 aromatic heterocycles. The number of hydrogen-bond donors (Lipinski definition) is 1. The average molecular weight is 451 g/mol. The van der Waals surface area contributed by atoms with Gasteiger partial charge in [0.1, 0.15) is 17.3 Å². The minimum Gasteiger partial charge on any atom is -0.495 e. The van der Waals surface area contributed by atoms with E-state index in [2.05, 4.69) is 5.32 Å². The zero-order valence-corrected chi connectivity index (χ0v) is 18.5. The third-order valence-corrected chi connectivity index (χ3v) is 5.75. The van der Waals surface area contributed by atoms with Gasteiger partial charge in [-0.05, 0) is 66.9 Å². The second kappa shape index (κ2) is 8.48. The summed E-state index contributed by atoms with van der Waals surface area (Å²) in [7, 11) is 1.50. The first-order valence-electron chi connectivity index (χ1n) is 9.87. The molecule has 1 heterocycles. The standard InChI is InChI=1S/C25H20ClFN2O3/c1-14-5-4-6-20(15(14)2)29-24(30)22(16-7-9-17(27)10-8-16)23(25(29)31)28-18-11-12-21(32-3)19(26)13-18/h4-13,28H,1-3H3. The summed E-state index contributed by atoms with van der Waals surface area (Å²) < 4.78 is 18.7. The van der Waals surface area contributed by atoms with Crippen LogP contribution in [0.4, 0.5) is 15.8 Å². The minimum absolute atomic E-state index is 0.0868. The van der Waals surface area contributed by atoms with Gasteiger partial charge in [-0.1, -0.05) is 35.9 Å². The molecule has 3 aromatic rings. The fraction of sp³-hybridized carbons (Fsp3) is 0.120. The van der Waals surface area contributed by atoms with Gasteiger partial charge in [-0.15, -0.1) is 0 Å². The number of nitrogens with zero attached hydrogens (tertiary/aromatic N) is 1. The molecule has 1 N–H and O–H groups in total. The van der Waals surface area contributed by atoms with Crippen LogP contribution >= 0.6 is 11.6 Å². The number of aryl methyl sites for hydroxylation is 1. The van der Waals surface area contributed by atoms with Gasteiger partial charge in [0.05, 0.1) is 23.4 Å². The van der Waals surface area contributed by atoms with E-state index in [1.54, 1.807) is 30.3 Å². The van der Waals surface area contributed by atoms with Gasteiger partial charge >= 0.3 is 0 Å². The highest BCUT2D eigenvalue weighted by atomic mass is 35.5. The van der Waals surface area contributed by atoms with Crippen LogP contribution in [0.3, 0.4) is 0 Å². The Balaban J connectivity index is 1.84. The number of amides is 2. The maximum absolute atomic E-state index is 13.5. The molecule has 0 aliphatic carbocycles. The third-order valence-electron chi connectivity index (χ3n) is 5.45. The topological polar surface area (TPSA) is 58.6 Å². The Bertz CT molecular complexity index is 1270. The van der Waals surface area contributed by atoms with Crippen LogP contribution in [0.15, 0.2) is 66.4 Å². The van der Waals surface area contributed by atoms with E-state index in [0.717, 1.165) is 16.0 Å². The number of ether oxygens (including phenoxy) is 1. The van der Waals surface area contributed by atoms with E-state index in [1.165, 1.54) is 31.4 Å². The molecule has 32 heavy (non-hydrogen) atoms. The van der Waals surface area contributed by atoms with Crippen molar-refractivity contribution in [2.24, 2.45) is 0 Å². The molecule has 0 unspecified atom stereocenters. The molecule has 0 fully saturated rings. The summed E-state index contributed by atoms with van der Waals surface area (Å²) in [4.78, 5) is 28.1. The first kappa shape index (κ1) is 21.6. The zero-order chi connectivity index (χ0) is 23.0. The molecule has 7 heteroatoms. The first-order valence-corrected chi connectivity index (χ1v) is 10.3. The molecule has 3 aromatic carbocycles. The summed E-state index contributed by atoms with van der Waals surface area (Å²) >= 11 is 6.23. The number of benzene rings is 3. The number of imide groups is 1. The van der Waals surface area contributed by atoms with Crippen LogP contribution in [-0.2, 0) is 9.59 Å². The van der Waals surface area contributed by atoms with E-state index in [9.17, 15) is 14.0 Å². The van der Waals surface area contributed by atoms with Gasteiger partial charge in [0.25, 0.3) is 11.8 Å². The lowest BCUT2D eigenvalue weighted by atomic mass is 10.0. The number of halogens is 2. The molecule has 0 saturated heterocycles. The highest BCUT2D eigenvalue weighted by Crippen LogP contribution is 2.36. The summed E-state index contributed by atoms with van der Waals surface area (Å²) in [5.74, 6) is -0.947. The van der Waals surface area contributed by atoms with Gasteiger partial charge in [0.2, 0.25) is 0 Å². The van der Waals surface area contributed by atoms with Crippen molar-refractivity contribution in [3.05, 3.63) is 93.9 Å². The number of methoxy groups -OCH3 is 1. The van der Waals surface area contributed by atoms with Crippen LogP contribution in [0.1, 0.15) is 16.7 Å². The van der Waals surface area contributed by atoms with Gasteiger partial charge < -0.3 is 10.1 Å². The maximum atomic E-state index is 13.5. The summed E-state index contributed by atoms with van der Waals surface area (Å²) in [6, 6.07) is 15.9. The molecular weight excluding hydrogens is 431 g/mol. The molecule has 2 amide bonds. The lowest BCUT2D eigenvalue weighted by molar-refractivity contribution is -0.120. The molecule has 1 aliphatic rings. The average Bonchev–Trinajstić information content (AvgIpc) is 3.00. The highest BCUT2D eigenvalue weighted by molar-refractivity contribution is 6.46. The lowest BCUT2D eigenvalue weighted by Gasteiger charge is -2.19. The Morgan fingerprint density at radius 3 is 2.34 bits per heavy atom. The van der Waals surface area contributed by atoms with Crippen molar-refractivity contribution in [1.82, 2.24) is 0 Å². The van der Waals surface area contributed by atoms with Crippen molar-refractivity contribution < 1.29 is 18.7 Å². The van der Waals surface area contributed by atoms with E-state index in [4.69, 9.17) is 16.3 Å². The predicted molar refractivity (Wildman–Crippen MR) is 123 cm³/mol. The summed E-state index contributed by atoms with van der Waals surface area (Å²) in [6.07, 6.45) is 0. The second-order valence-electron chi connectivity index (χ2n) is 7.40. The monoisotopic (exact) mass is 450 g/mol. The molecule has 0 bridgehead atoms. The Hall–Kier alpha value is -3.64. The van der Waals surface area contributed by atoms with Crippen molar-refractivity contribution in [3.8, 4) is 5.75 Å². The molecule has 162 valence electrons. The fourth-order valence-corrected chi connectivity index (χ4v) is 3.87. The van der Waals surface area contributed by atoms with E-state index >= 15 is 0 Å². The number of anilines is 2. The number of carbonyl (C=O) groups excluding carboxylic acids is 2. The van der Waals surface area contributed by atoms with Crippen molar-refractivity contribution in [1.29, 1.82) is 0 Å². The normalized spacial score (nSPS) is 13.7. The lowest BCUT2D eigenvalue weighted by Crippen LogP contribution is -2.33. The molecule has 0 radical (unpaired) electrons. The third kappa shape index (κ3) is 3.74. The zero-order valence-electron chi connectivity index (χ0n) is 17.7. The largest absolute Gasteiger partial charge is 0.495 e. The van der Waals surface area contributed by atoms with E-state index in [0.29, 0.717) is 27.7 Å². The Morgan fingerprint density at radius 2 is 1.69 bits per heavy atom. The minimum atomic E-state index is -0.505. The molecule has 0 spiro atoms. The van der Waals surface area contributed by atoms with E-state index in [1.807, 2.05) is 19.9 Å². The van der Waals surface area contributed by atoms with Gasteiger partial charge in [0.15, 0.2) is 0 Å². The van der Waals surface area contributed by atoms with Crippen LogP contribution in [0.2, 0.25) is 5.02 Å². The van der Waals surface area contributed by atoms with Crippen molar-refractivity contribution in [2.75, 3.05) is 17.3 Å². The quantitative estimate of drug-likeness (QED) is 0.521. The van der Waals surface area contributed by atoms with Crippen LogP contribution in [0.5, 0.6) is 5.75 Å². The molecule has 4 rings (SSSR count). The van der Waals surface area contributed by atoms with Crippen molar-refractivity contribution >= 4 is 40.4 Å². The number of nitrogens with one attached hydrogen (secondary N) is 1. The first-order chi connectivity index (χ1) is 15.3. The molecule has 0 saturated carbocycles. The van der Waals surface area contributed by atoms with E-state index < -0.39 is 17.6 Å². The smallest absolute Gasteiger partial charge is 0.282 e. The molecule has 1 aliphatic heterocycles. The second-order valence-corrected chi connectivity index (χ2v) is 7.80. The summed E-state index contributed by atoms with van der Waals surface area (Å²) in [6.45, 7) is 3.77. The Labute approximate surface area is 190 Å². The van der Waals surface area contributed by atoms with Crippen LogP contribution in [0, 0.1) is 19.7 Å². The van der Waals surface area contributed by atoms with Crippen molar-refractivity contribution in [2.45, 2.75) is 13.8 Å². The summed E-state index contributed by atoms with van der Waals surface area (Å²) in [5.41, 5.74) is 3.46. The highest BCUT2D eigenvalue weighted by Gasteiger charge is 2.41. The number of rotatable bonds is 5. The van der Waals surface area contributed by atoms with Gasteiger partial charge in [-0.25, -0.2) is 9.29 Å². The SMILES string of the molecule is COc1ccc(NC2=C(c3ccc(F)cc3)C(=O)N(c3cccc(C)c3C)C2=O)cc1Cl. The molecular formula is C25H20ClFN2O3. The van der Waals surface area contributed by atoms with Gasteiger partial charge in [0, 0.05) is 5.69 Å². The molecule has 5 nitrogen and oxygen atoms in total. The fourth-order valence-electron chi connectivity index (χ4n) is 3.62. The predicted octanol–water partition coefficient (Wildman–Crippen LogP) is 5.50. The van der Waals surface area contributed by atoms with Crippen LogP contribution in [-0.4, -0.2) is 18.9 Å². The number of carbonyl (C=O) groups is 2. The number of hydrogen-bond acceptors (Lipinski definition) is 4. The maximum Gasteiger partial charge on any atom is 0.282 e. The van der Waals surface area contributed by atoms with Crippen LogP contribution < -0.4 is 15.0 Å². The Morgan fingerprint density at radius 1 is 0.969 bits per heavy atom. The van der Waals surface area contributed by atoms with Gasteiger partial charge in [-0.3, -0.25) is 9.59 Å².